The van der Waals surface area contributed by atoms with Crippen LogP contribution in [-0.4, -0.2) is 29.1 Å². The van der Waals surface area contributed by atoms with Gasteiger partial charge in [0, 0.05) is 22.5 Å². The first kappa shape index (κ1) is 12.7. The molecule has 5 heteroatoms. The Hall–Kier alpha value is -2.07. The van der Waals surface area contributed by atoms with Crippen LogP contribution >= 0.6 is 11.6 Å². The number of benzene rings is 1. The van der Waals surface area contributed by atoms with E-state index >= 15 is 0 Å². The number of rotatable bonds is 2. The molecule has 0 radical (unpaired) electrons. The highest BCUT2D eigenvalue weighted by Gasteiger charge is 2.23. The number of nitrogens with one attached hydrogen (secondary N) is 2. The number of aromatic nitrogens is 1. The molecule has 2 heterocycles. The lowest BCUT2D eigenvalue weighted by atomic mass is 10.1. The van der Waals surface area contributed by atoms with Gasteiger partial charge in [-0.1, -0.05) is 11.6 Å². The first-order chi connectivity index (χ1) is 10.3. The molecule has 4 rings (SSSR count). The molecule has 2 aliphatic rings. The van der Waals surface area contributed by atoms with Crippen LogP contribution in [0.2, 0.25) is 5.02 Å². The van der Waals surface area contributed by atoms with E-state index in [1.165, 1.54) is 12.8 Å². The van der Waals surface area contributed by atoms with E-state index in [0.717, 1.165) is 28.5 Å². The summed E-state index contributed by atoms with van der Waals surface area (Å²) in [4.78, 5) is 12.7. The minimum Gasteiger partial charge on any atom is -0.360 e. The molecule has 2 aromatic rings. The van der Waals surface area contributed by atoms with E-state index in [1.54, 1.807) is 0 Å². The Morgan fingerprint density at radius 2 is 2.14 bits per heavy atom. The minimum atomic E-state index is 0.477. The highest BCUT2D eigenvalue weighted by Crippen LogP contribution is 2.28. The average molecular weight is 299 g/mol. The molecular formula is C16H15ClN4. The molecule has 1 aliphatic heterocycles. The van der Waals surface area contributed by atoms with E-state index in [0.29, 0.717) is 17.6 Å². The maximum atomic E-state index is 6.16. The Kier molecular flexibility index (Phi) is 3.04. The molecule has 0 bridgehead atoms. The largest absolute Gasteiger partial charge is 0.360 e. The van der Waals surface area contributed by atoms with E-state index in [-0.39, 0.29) is 0 Å². The van der Waals surface area contributed by atoms with Crippen molar-refractivity contribution < 1.29 is 0 Å². The predicted molar refractivity (Wildman–Crippen MR) is 86.8 cm³/mol. The summed E-state index contributed by atoms with van der Waals surface area (Å²) >= 11 is 6.16. The van der Waals surface area contributed by atoms with E-state index in [9.17, 15) is 0 Å². The van der Waals surface area contributed by atoms with Crippen LogP contribution in [0.1, 0.15) is 24.1 Å². The Balaban J connectivity index is 1.82. The normalized spacial score (nSPS) is 19.7. The second-order valence-corrected chi connectivity index (χ2v) is 5.81. The third kappa shape index (κ3) is 2.59. The summed E-state index contributed by atoms with van der Waals surface area (Å²) in [5.41, 5.74) is 3.93. The van der Waals surface area contributed by atoms with Gasteiger partial charge in [-0.2, -0.15) is 0 Å². The van der Waals surface area contributed by atoms with Crippen LogP contribution < -0.4 is 5.32 Å². The molecule has 0 spiro atoms. The summed E-state index contributed by atoms with van der Waals surface area (Å²) in [5, 5.41) is 4.12. The summed E-state index contributed by atoms with van der Waals surface area (Å²) in [5.74, 6) is 0.933. The molecule has 1 saturated carbocycles. The Morgan fingerprint density at radius 3 is 2.90 bits per heavy atom. The number of anilines is 1. The third-order valence-corrected chi connectivity index (χ3v) is 3.88. The fourth-order valence-corrected chi connectivity index (χ4v) is 2.63. The van der Waals surface area contributed by atoms with Gasteiger partial charge in [-0.3, -0.25) is 9.98 Å². The van der Waals surface area contributed by atoms with Crippen LogP contribution in [-0.2, 0) is 0 Å². The zero-order valence-corrected chi connectivity index (χ0v) is 12.2. The van der Waals surface area contributed by atoms with Gasteiger partial charge >= 0.3 is 0 Å². The topological polar surface area (TPSA) is 52.5 Å². The number of halogens is 1. The van der Waals surface area contributed by atoms with Gasteiger partial charge in [0.2, 0.25) is 0 Å². The molecule has 1 fully saturated rings. The number of fused-ring (bicyclic) bond motifs is 1. The van der Waals surface area contributed by atoms with Gasteiger partial charge in [-0.05, 0) is 43.2 Å². The Bertz CT molecular complexity index is 727. The number of hydrogen-bond donors (Lipinski definition) is 2. The van der Waals surface area contributed by atoms with Crippen LogP contribution in [0.5, 0.6) is 0 Å². The van der Waals surface area contributed by atoms with Crippen LogP contribution in [0, 0.1) is 0 Å². The van der Waals surface area contributed by atoms with Crippen molar-refractivity contribution in [3.8, 4) is 0 Å². The predicted octanol–water partition coefficient (Wildman–Crippen LogP) is 3.49. The van der Waals surface area contributed by atoms with Gasteiger partial charge in [0.05, 0.1) is 24.0 Å². The van der Waals surface area contributed by atoms with Crippen molar-refractivity contribution in [2.24, 2.45) is 9.98 Å². The lowest BCUT2D eigenvalue weighted by molar-refractivity contribution is 1.05. The number of nitrogens with zero attached hydrogens (tertiary/aromatic N) is 2. The van der Waals surface area contributed by atoms with Crippen LogP contribution in [0.4, 0.5) is 5.69 Å². The van der Waals surface area contributed by atoms with Crippen LogP contribution in [0.15, 0.2) is 46.5 Å². The molecule has 0 unspecified atom stereocenters. The van der Waals surface area contributed by atoms with Gasteiger partial charge in [-0.25, -0.2) is 0 Å². The zero-order chi connectivity index (χ0) is 14.2. The van der Waals surface area contributed by atoms with Gasteiger partial charge in [0.15, 0.2) is 0 Å². The molecule has 1 aromatic heterocycles. The van der Waals surface area contributed by atoms with Gasteiger partial charge < -0.3 is 10.3 Å². The minimum absolute atomic E-state index is 0.477. The number of benzodiazepines with no additional fused rings is 1. The summed E-state index contributed by atoms with van der Waals surface area (Å²) in [6.45, 7) is 0.567. The lowest BCUT2D eigenvalue weighted by Crippen LogP contribution is -2.15. The van der Waals surface area contributed by atoms with Gasteiger partial charge in [-0.15, -0.1) is 0 Å². The molecule has 0 atom stereocenters. The molecule has 0 saturated heterocycles. The van der Waals surface area contributed by atoms with E-state index < -0.39 is 0 Å². The van der Waals surface area contributed by atoms with Crippen LogP contribution in [0.3, 0.4) is 0 Å². The summed E-state index contributed by atoms with van der Waals surface area (Å²) in [6, 6.07) is 10.3. The van der Waals surface area contributed by atoms with E-state index in [2.05, 4.69) is 10.3 Å². The SMILES string of the molecule is Clc1ccc2c(c1)C(c1ccc[nH]1)=NCC(=NC1CC1)N2. The first-order valence-corrected chi connectivity index (χ1v) is 7.49. The van der Waals surface area contributed by atoms with Crippen molar-refractivity contribution in [1.82, 2.24) is 4.98 Å². The first-order valence-electron chi connectivity index (χ1n) is 7.11. The lowest BCUT2D eigenvalue weighted by Gasteiger charge is -2.10. The van der Waals surface area contributed by atoms with Crippen molar-refractivity contribution in [2.75, 3.05) is 11.9 Å². The van der Waals surface area contributed by atoms with Gasteiger partial charge in [0.1, 0.15) is 5.84 Å². The fourth-order valence-electron chi connectivity index (χ4n) is 2.46. The smallest absolute Gasteiger partial charge is 0.123 e. The summed E-state index contributed by atoms with van der Waals surface area (Å²) < 4.78 is 0. The fraction of sp³-hybridized carbons (Fsp3) is 0.250. The molecule has 106 valence electrons. The number of aromatic amines is 1. The third-order valence-electron chi connectivity index (χ3n) is 3.64. The van der Waals surface area contributed by atoms with Crippen molar-refractivity contribution >= 4 is 28.8 Å². The van der Waals surface area contributed by atoms with Crippen molar-refractivity contribution in [1.29, 1.82) is 0 Å². The summed E-state index contributed by atoms with van der Waals surface area (Å²) in [7, 11) is 0. The van der Waals surface area contributed by atoms with Crippen LogP contribution in [0.25, 0.3) is 0 Å². The monoisotopic (exact) mass is 298 g/mol. The molecule has 21 heavy (non-hydrogen) atoms. The van der Waals surface area contributed by atoms with Crippen molar-refractivity contribution in [3.05, 3.63) is 52.8 Å². The molecule has 0 amide bonds. The standard InChI is InChI=1S/C16H15ClN4/c17-10-3-6-13-12(8-10)16(14-2-1-7-18-14)19-9-15(21-13)20-11-4-5-11/h1-3,6-8,11,18H,4-5,9H2,(H,20,21). The highest BCUT2D eigenvalue weighted by atomic mass is 35.5. The van der Waals surface area contributed by atoms with Crippen molar-refractivity contribution in [2.45, 2.75) is 18.9 Å². The number of hydrogen-bond acceptors (Lipinski definition) is 2. The Morgan fingerprint density at radius 1 is 1.24 bits per heavy atom. The quantitative estimate of drug-likeness (QED) is 0.876. The van der Waals surface area contributed by atoms with E-state index in [4.69, 9.17) is 21.6 Å². The molecular weight excluding hydrogens is 284 g/mol. The maximum absolute atomic E-state index is 6.16. The number of aliphatic imine (C=N–C) groups is 2. The van der Waals surface area contributed by atoms with E-state index in [1.807, 2.05) is 36.5 Å². The average Bonchev–Trinajstić information content (AvgIpc) is 3.17. The zero-order valence-electron chi connectivity index (χ0n) is 11.4. The summed E-state index contributed by atoms with van der Waals surface area (Å²) in [6.07, 6.45) is 4.28. The second-order valence-electron chi connectivity index (χ2n) is 5.37. The molecule has 1 aromatic carbocycles. The van der Waals surface area contributed by atoms with Gasteiger partial charge in [0.25, 0.3) is 0 Å². The second kappa shape index (κ2) is 5.04. The van der Waals surface area contributed by atoms with Crippen molar-refractivity contribution in [3.63, 3.8) is 0 Å². The number of H-pyrrole nitrogens is 1. The number of amidine groups is 1. The maximum Gasteiger partial charge on any atom is 0.123 e. The Labute approximate surface area is 128 Å². The molecule has 4 nitrogen and oxygen atoms in total. The molecule has 2 N–H and O–H groups in total. The molecule has 1 aliphatic carbocycles. The highest BCUT2D eigenvalue weighted by molar-refractivity contribution is 6.31.